The molecule has 0 radical (unpaired) electrons. The van der Waals surface area contributed by atoms with Crippen LogP contribution in [0.4, 0.5) is 0 Å². The zero-order valence-corrected chi connectivity index (χ0v) is 10.9. The summed E-state index contributed by atoms with van der Waals surface area (Å²) in [7, 11) is 1.81. The van der Waals surface area contributed by atoms with Crippen LogP contribution in [0.2, 0.25) is 0 Å². The highest BCUT2D eigenvalue weighted by atomic mass is 16.5. The predicted octanol–water partition coefficient (Wildman–Crippen LogP) is 1.76. The lowest BCUT2D eigenvalue weighted by molar-refractivity contribution is -0.00103. The smallest absolute Gasteiger partial charge is 0.0634 e. The summed E-state index contributed by atoms with van der Waals surface area (Å²) >= 11 is 0. The molecule has 0 aliphatic carbocycles. The maximum atomic E-state index is 6.07. The fourth-order valence-electron chi connectivity index (χ4n) is 3.18. The number of piperidine rings is 1. The van der Waals surface area contributed by atoms with E-state index in [2.05, 4.69) is 18.7 Å². The van der Waals surface area contributed by atoms with Crippen LogP contribution in [0, 0.1) is 0 Å². The monoisotopic (exact) mass is 226 g/mol. The van der Waals surface area contributed by atoms with Gasteiger partial charge in [0.1, 0.15) is 0 Å². The van der Waals surface area contributed by atoms with E-state index in [0.29, 0.717) is 6.04 Å². The molecule has 2 fully saturated rings. The molecule has 2 unspecified atom stereocenters. The minimum Gasteiger partial charge on any atom is -0.379 e. The molecule has 2 N–H and O–H groups in total. The molecule has 2 aliphatic rings. The van der Waals surface area contributed by atoms with E-state index in [1.54, 1.807) is 7.11 Å². The van der Waals surface area contributed by atoms with Gasteiger partial charge >= 0.3 is 0 Å². The molecule has 3 nitrogen and oxygen atoms in total. The first-order chi connectivity index (χ1) is 7.52. The van der Waals surface area contributed by atoms with Gasteiger partial charge in [0.05, 0.1) is 5.60 Å². The molecular formula is C13H26N2O. The first-order valence-corrected chi connectivity index (χ1v) is 6.58. The van der Waals surface area contributed by atoms with Gasteiger partial charge in [-0.25, -0.2) is 0 Å². The van der Waals surface area contributed by atoms with Crippen molar-refractivity contribution < 1.29 is 4.74 Å². The van der Waals surface area contributed by atoms with Gasteiger partial charge in [-0.05, 0) is 46.0 Å². The van der Waals surface area contributed by atoms with Crippen molar-refractivity contribution in [3.63, 3.8) is 0 Å². The highest BCUT2D eigenvalue weighted by Crippen LogP contribution is 2.35. The lowest BCUT2D eigenvalue weighted by Gasteiger charge is -2.39. The predicted molar refractivity (Wildman–Crippen MR) is 66.4 cm³/mol. The van der Waals surface area contributed by atoms with Gasteiger partial charge in [-0.1, -0.05) is 0 Å². The quantitative estimate of drug-likeness (QED) is 0.794. The van der Waals surface area contributed by atoms with Gasteiger partial charge in [0.15, 0.2) is 0 Å². The van der Waals surface area contributed by atoms with Crippen molar-refractivity contribution in [2.45, 2.75) is 69.7 Å². The Kier molecular flexibility index (Phi) is 3.57. The summed E-state index contributed by atoms with van der Waals surface area (Å²) in [5.41, 5.74) is 6.09. The van der Waals surface area contributed by atoms with Crippen molar-refractivity contribution in [2.75, 3.05) is 13.7 Å². The maximum absolute atomic E-state index is 6.07. The summed E-state index contributed by atoms with van der Waals surface area (Å²) in [5.74, 6) is 0. The molecule has 0 amide bonds. The van der Waals surface area contributed by atoms with E-state index in [-0.39, 0.29) is 5.60 Å². The van der Waals surface area contributed by atoms with E-state index in [4.69, 9.17) is 10.5 Å². The number of rotatable bonds is 4. The SMILES string of the molecule is COC(C)(C)CCN1C2CCC1CC(N)C2. The molecule has 2 aliphatic heterocycles. The number of ether oxygens (including phenoxy) is 1. The van der Waals surface area contributed by atoms with Crippen LogP contribution in [0.25, 0.3) is 0 Å². The van der Waals surface area contributed by atoms with Crippen molar-refractivity contribution in [1.29, 1.82) is 0 Å². The van der Waals surface area contributed by atoms with E-state index in [0.717, 1.165) is 18.5 Å². The molecule has 3 heteroatoms. The molecule has 0 aromatic heterocycles. The first kappa shape index (κ1) is 12.3. The van der Waals surface area contributed by atoms with Crippen molar-refractivity contribution in [3.8, 4) is 0 Å². The van der Waals surface area contributed by atoms with E-state index < -0.39 is 0 Å². The summed E-state index contributed by atoms with van der Waals surface area (Å²) in [5, 5.41) is 0. The fourth-order valence-corrected chi connectivity index (χ4v) is 3.18. The largest absolute Gasteiger partial charge is 0.379 e. The summed E-state index contributed by atoms with van der Waals surface area (Å²) in [6, 6.07) is 1.95. The Balaban J connectivity index is 1.87. The second kappa shape index (κ2) is 4.63. The minimum atomic E-state index is 0.0129. The summed E-state index contributed by atoms with van der Waals surface area (Å²) < 4.78 is 5.49. The Bertz CT molecular complexity index is 228. The second-order valence-corrected chi connectivity index (χ2v) is 6.07. The molecular weight excluding hydrogens is 200 g/mol. The average Bonchev–Trinajstić information content (AvgIpc) is 2.47. The summed E-state index contributed by atoms with van der Waals surface area (Å²) in [4.78, 5) is 2.68. The highest BCUT2D eigenvalue weighted by Gasteiger charge is 2.39. The maximum Gasteiger partial charge on any atom is 0.0634 e. The Morgan fingerprint density at radius 1 is 1.25 bits per heavy atom. The van der Waals surface area contributed by atoms with Gasteiger partial charge in [0.25, 0.3) is 0 Å². The molecule has 2 heterocycles. The van der Waals surface area contributed by atoms with Crippen LogP contribution in [-0.4, -0.2) is 42.3 Å². The summed E-state index contributed by atoms with van der Waals surface area (Å²) in [6.07, 6.45) is 6.22. The van der Waals surface area contributed by atoms with Gasteiger partial charge in [0.2, 0.25) is 0 Å². The number of nitrogens with two attached hydrogens (primary N) is 1. The molecule has 2 bridgehead atoms. The van der Waals surface area contributed by atoms with Crippen LogP contribution in [0.3, 0.4) is 0 Å². The van der Waals surface area contributed by atoms with Gasteiger partial charge in [-0.15, -0.1) is 0 Å². The molecule has 0 aromatic rings. The van der Waals surface area contributed by atoms with E-state index in [9.17, 15) is 0 Å². The Labute approximate surface area is 99.3 Å². The Hall–Kier alpha value is -0.120. The minimum absolute atomic E-state index is 0.0129. The average molecular weight is 226 g/mol. The van der Waals surface area contributed by atoms with Crippen molar-refractivity contribution in [3.05, 3.63) is 0 Å². The van der Waals surface area contributed by atoms with Crippen molar-refractivity contribution in [2.24, 2.45) is 5.73 Å². The number of hydrogen-bond acceptors (Lipinski definition) is 3. The molecule has 0 aromatic carbocycles. The molecule has 2 rings (SSSR count). The zero-order chi connectivity index (χ0) is 11.8. The molecule has 16 heavy (non-hydrogen) atoms. The van der Waals surface area contributed by atoms with Gasteiger partial charge in [-0.3, -0.25) is 4.90 Å². The van der Waals surface area contributed by atoms with E-state index in [1.165, 1.54) is 32.2 Å². The van der Waals surface area contributed by atoms with Crippen LogP contribution >= 0.6 is 0 Å². The van der Waals surface area contributed by atoms with Crippen LogP contribution < -0.4 is 5.73 Å². The molecule has 0 saturated carbocycles. The number of methoxy groups -OCH3 is 1. The van der Waals surface area contributed by atoms with Crippen LogP contribution in [0.1, 0.15) is 46.0 Å². The third-order valence-electron chi connectivity index (χ3n) is 4.45. The highest BCUT2D eigenvalue weighted by molar-refractivity contribution is 4.96. The Morgan fingerprint density at radius 3 is 2.31 bits per heavy atom. The standard InChI is InChI=1S/C13H26N2O/c1-13(2,16-3)6-7-15-11-4-5-12(15)9-10(14)8-11/h10-12H,4-9,14H2,1-3H3. The molecule has 94 valence electrons. The third kappa shape index (κ3) is 2.58. The molecule has 0 spiro atoms. The number of fused-ring (bicyclic) bond motifs is 2. The lowest BCUT2D eigenvalue weighted by Crippen LogP contribution is -2.48. The lowest BCUT2D eigenvalue weighted by atomic mass is 9.96. The third-order valence-corrected chi connectivity index (χ3v) is 4.45. The second-order valence-electron chi connectivity index (χ2n) is 6.07. The fraction of sp³-hybridized carbons (Fsp3) is 1.00. The first-order valence-electron chi connectivity index (χ1n) is 6.58. The summed E-state index contributed by atoms with van der Waals surface area (Å²) in [6.45, 7) is 5.51. The van der Waals surface area contributed by atoms with Crippen molar-refractivity contribution >= 4 is 0 Å². The topological polar surface area (TPSA) is 38.5 Å². The van der Waals surface area contributed by atoms with Crippen LogP contribution in [-0.2, 0) is 4.74 Å². The van der Waals surface area contributed by atoms with Gasteiger partial charge in [-0.2, -0.15) is 0 Å². The van der Waals surface area contributed by atoms with Gasteiger partial charge < -0.3 is 10.5 Å². The number of nitrogens with zero attached hydrogens (tertiary/aromatic N) is 1. The molecule has 2 saturated heterocycles. The normalized spacial score (nSPS) is 35.6. The van der Waals surface area contributed by atoms with E-state index >= 15 is 0 Å². The zero-order valence-electron chi connectivity index (χ0n) is 10.9. The molecule has 2 atom stereocenters. The van der Waals surface area contributed by atoms with Crippen LogP contribution in [0.5, 0.6) is 0 Å². The van der Waals surface area contributed by atoms with E-state index in [1.807, 2.05) is 0 Å². The number of hydrogen-bond donors (Lipinski definition) is 1. The van der Waals surface area contributed by atoms with Crippen LogP contribution in [0.15, 0.2) is 0 Å². The Morgan fingerprint density at radius 2 is 1.81 bits per heavy atom. The van der Waals surface area contributed by atoms with Crippen molar-refractivity contribution in [1.82, 2.24) is 4.90 Å². The van der Waals surface area contributed by atoms with Gasteiger partial charge in [0, 0.05) is 31.8 Å².